The van der Waals surface area contributed by atoms with E-state index in [4.69, 9.17) is 0 Å². The lowest BCUT2D eigenvalue weighted by Gasteiger charge is -2.21. The Hall–Kier alpha value is -0.0200. The fourth-order valence-electron chi connectivity index (χ4n) is 1.99. The molecule has 0 unspecified atom stereocenters. The van der Waals surface area contributed by atoms with Gasteiger partial charge in [0.05, 0.1) is 5.03 Å². The summed E-state index contributed by atoms with van der Waals surface area (Å²) in [4.78, 5) is 4.49. The third kappa shape index (κ3) is 3.22. The molecule has 1 aromatic rings. The maximum Gasteiger partial charge on any atom is 0.0992 e. The van der Waals surface area contributed by atoms with E-state index >= 15 is 0 Å². The van der Waals surface area contributed by atoms with E-state index in [1.54, 1.807) is 0 Å². The first-order valence-corrected chi connectivity index (χ1v) is 7.22. The lowest BCUT2D eigenvalue weighted by Crippen LogP contribution is -2.08. The summed E-state index contributed by atoms with van der Waals surface area (Å²) in [7, 11) is 0. The first kappa shape index (κ1) is 11.5. The highest BCUT2D eigenvalue weighted by Crippen LogP contribution is 2.34. The van der Waals surface area contributed by atoms with Crippen molar-refractivity contribution in [2.45, 2.75) is 49.3 Å². The van der Waals surface area contributed by atoms with Crippen molar-refractivity contribution in [1.29, 1.82) is 0 Å². The van der Waals surface area contributed by atoms with E-state index in [1.807, 2.05) is 18.0 Å². The molecular weight excluding hydrogens is 270 g/mol. The molecule has 1 nitrogen and oxygen atoms in total. The summed E-state index contributed by atoms with van der Waals surface area (Å²) in [5, 5.41) is 2.01. The van der Waals surface area contributed by atoms with Crippen molar-refractivity contribution in [2.75, 3.05) is 0 Å². The van der Waals surface area contributed by atoms with Crippen LogP contribution < -0.4 is 0 Å². The number of hydrogen-bond acceptors (Lipinski definition) is 2. The number of aromatic nitrogens is 1. The van der Waals surface area contributed by atoms with Gasteiger partial charge in [0.25, 0.3) is 0 Å². The summed E-state index contributed by atoms with van der Waals surface area (Å²) in [6.07, 6.45) is 8.84. The van der Waals surface area contributed by atoms with Crippen LogP contribution in [0.1, 0.15) is 37.7 Å². The van der Waals surface area contributed by atoms with Gasteiger partial charge in [0.1, 0.15) is 0 Å². The predicted octanol–water partition coefficient (Wildman–Crippen LogP) is 4.58. The highest BCUT2D eigenvalue weighted by Gasteiger charge is 2.16. The van der Waals surface area contributed by atoms with Crippen LogP contribution in [-0.4, -0.2) is 10.2 Å². The van der Waals surface area contributed by atoms with Crippen molar-refractivity contribution in [2.24, 2.45) is 0 Å². The number of aryl methyl sites for hydroxylation is 1. The Morgan fingerprint density at radius 3 is 2.73 bits per heavy atom. The number of hydrogen-bond donors (Lipinski definition) is 0. The van der Waals surface area contributed by atoms with Gasteiger partial charge in [0.2, 0.25) is 0 Å². The maximum absolute atomic E-state index is 4.49. The van der Waals surface area contributed by atoms with Crippen LogP contribution in [0.4, 0.5) is 0 Å². The van der Waals surface area contributed by atoms with E-state index in [0.717, 1.165) is 9.72 Å². The smallest absolute Gasteiger partial charge is 0.0992 e. The van der Waals surface area contributed by atoms with Crippen molar-refractivity contribution >= 4 is 27.7 Å². The zero-order chi connectivity index (χ0) is 10.7. The molecule has 1 saturated carbocycles. The second kappa shape index (κ2) is 5.35. The Bertz CT molecular complexity index is 334. The van der Waals surface area contributed by atoms with E-state index < -0.39 is 0 Å². The van der Waals surface area contributed by atoms with Crippen molar-refractivity contribution in [3.8, 4) is 0 Å². The quantitative estimate of drug-likeness (QED) is 0.789. The topological polar surface area (TPSA) is 12.9 Å². The van der Waals surface area contributed by atoms with Crippen molar-refractivity contribution in [3.63, 3.8) is 0 Å². The van der Waals surface area contributed by atoms with Gasteiger partial charge in [0, 0.05) is 15.9 Å². The summed E-state index contributed by atoms with van der Waals surface area (Å²) < 4.78 is 1.08. The normalized spacial score (nSPS) is 18.0. The van der Waals surface area contributed by atoms with E-state index in [0.29, 0.717) is 0 Å². The fourth-order valence-corrected chi connectivity index (χ4v) is 3.68. The second-order valence-corrected chi connectivity index (χ2v) is 6.36. The zero-order valence-corrected chi connectivity index (χ0v) is 11.4. The molecular formula is C12H16BrNS. The molecule has 15 heavy (non-hydrogen) atoms. The number of thioether (sulfide) groups is 1. The first-order chi connectivity index (χ1) is 7.25. The Kier molecular flexibility index (Phi) is 4.09. The molecule has 0 bridgehead atoms. The summed E-state index contributed by atoms with van der Waals surface area (Å²) in [6, 6.07) is 2.15. The van der Waals surface area contributed by atoms with Crippen molar-refractivity contribution < 1.29 is 0 Å². The summed E-state index contributed by atoms with van der Waals surface area (Å²) >= 11 is 5.42. The van der Waals surface area contributed by atoms with E-state index in [9.17, 15) is 0 Å². The fraction of sp³-hybridized carbons (Fsp3) is 0.583. The van der Waals surface area contributed by atoms with Gasteiger partial charge < -0.3 is 0 Å². The molecule has 0 saturated heterocycles. The number of halogens is 1. The largest absolute Gasteiger partial charge is 0.248 e. The number of nitrogens with zero attached hydrogens (tertiary/aromatic N) is 1. The van der Waals surface area contributed by atoms with Crippen LogP contribution in [0.2, 0.25) is 0 Å². The molecule has 0 radical (unpaired) electrons. The average molecular weight is 286 g/mol. The van der Waals surface area contributed by atoms with Gasteiger partial charge in [-0.25, -0.2) is 4.98 Å². The molecule has 1 aliphatic carbocycles. The average Bonchev–Trinajstić information content (AvgIpc) is 2.24. The minimum absolute atomic E-state index is 0.797. The van der Waals surface area contributed by atoms with Crippen LogP contribution in [-0.2, 0) is 0 Å². The molecule has 2 rings (SSSR count). The van der Waals surface area contributed by atoms with E-state index in [2.05, 4.69) is 33.9 Å². The second-order valence-electron chi connectivity index (χ2n) is 4.15. The van der Waals surface area contributed by atoms with Crippen molar-refractivity contribution in [1.82, 2.24) is 4.98 Å². The first-order valence-electron chi connectivity index (χ1n) is 5.54. The highest BCUT2D eigenvalue weighted by atomic mass is 79.9. The van der Waals surface area contributed by atoms with Crippen LogP contribution in [0.3, 0.4) is 0 Å². The summed E-state index contributed by atoms with van der Waals surface area (Å²) in [6.45, 7) is 2.14. The van der Waals surface area contributed by atoms with E-state index in [1.165, 1.54) is 42.7 Å². The SMILES string of the molecule is Cc1cc(Br)cnc1SC1CCCCC1. The number of rotatable bonds is 2. The molecule has 0 amide bonds. The van der Waals surface area contributed by atoms with Gasteiger partial charge in [-0.05, 0) is 47.3 Å². The predicted molar refractivity (Wildman–Crippen MR) is 69.4 cm³/mol. The monoisotopic (exact) mass is 285 g/mol. The molecule has 3 heteroatoms. The standard InChI is InChI=1S/C12H16BrNS/c1-9-7-10(13)8-14-12(9)15-11-5-3-2-4-6-11/h7-8,11H,2-6H2,1H3. The van der Waals surface area contributed by atoms with Crippen LogP contribution in [0.5, 0.6) is 0 Å². The molecule has 1 aromatic heterocycles. The van der Waals surface area contributed by atoms with Gasteiger partial charge in [0.15, 0.2) is 0 Å². The molecule has 0 aliphatic heterocycles. The molecule has 0 N–H and O–H groups in total. The van der Waals surface area contributed by atoms with Crippen LogP contribution in [0.25, 0.3) is 0 Å². The molecule has 0 spiro atoms. The van der Waals surface area contributed by atoms with Gasteiger partial charge in [-0.3, -0.25) is 0 Å². The molecule has 1 fully saturated rings. The number of pyridine rings is 1. The van der Waals surface area contributed by atoms with Crippen LogP contribution in [0.15, 0.2) is 21.8 Å². The Morgan fingerprint density at radius 2 is 2.07 bits per heavy atom. The molecule has 0 aromatic carbocycles. The van der Waals surface area contributed by atoms with Gasteiger partial charge in [-0.2, -0.15) is 0 Å². The lowest BCUT2D eigenvalue weighted by molar-refractivity contribution is 0.515. The minimum Gasteiger partial charge on any atom is -0.248 e. The molecule has 82 valence electrons. The Morgan fingerprint density at radius 1 is 1.33 bits per heavy atom. The summed E-state index contributed by atoms with van der Waals surface area (Å²) in [5.41, 5.74) is 1.29. The summed E-state index contributed by atoms with van der Waals surface area (Å²) in [5.74, 6) is 0. The van der Waals surface area contributed by atoms with Gasteiger partial charge >= 0.3 is 0 Å². The Balaban J connectivity index is 2.03. The van der Waals surface area contributed by atoms with E-state index in [-0.39, 0.29) is 0 Å². The zero-order valence-electron chi connectivity index (χ0n) is 9.00. The van der Waals surface area contributed by atoms with Crippen molar-refractivity contribution in [3.05, 3.63) is 22.3 Å². The van der Waals surface area contributed by atoms with Crippen LogP contribution in [0, 0.1) is 6.92 Å². The lowest BCUT2D eigenvalue weighted by atomic mass is 10.0. The highest BCUT2D eigenvalue weighted by molar-refractivity contribution is 9.10. The van der Waals surface area contributed by atoms with Crippen LogP contribution >= 0.6 is 27.7 Å². The maximum atomic E-state index is 4.49. The van der Waals surface area contributed by atoms with Gasteiger partial charge in [-0.15, -0.1) is 11.8 Å². The molecule has 0 atom stereocenters. The third-order valence-electron chi connectivity index (χ3n) is 2.83. The Labute approximate surface area is 104 Å². The third-order valence-corrected chi connectivity index (χ3v) is 4.72. The minimum atomic E-state index is 0.797. The van der Waals surface area contributed by atoms with Gasteiger partial charge in [-0.1, -0.05) is 19.3 Å². The molecule has 1 heterocycles. The molecule has 1 aliphatic rings.